The van der Waals surface area contributed by atoms with E-state index in [1.807, 2.05) is 31.2 Å². The summed E-state index contributed by atoms with van der Waals surface area (Å²) in [5.41, 5.74) is -0.180. The second kappa shape index (κ2) is 13.5. The van der Waals surface area contributed by atoms with Crippen LogP contribution in [0.1, 0.15) is 34.2 Å². The van der Waals surface area contributed by atoms with E-state index in [1.54, 1.807) is 17.9 Å². The number of rotatable bonds is 13. The summed E-state index contributed by atoms with van der Waals surface area (Å²) in [5, 5.41) is 0. The Labute approximate surface area is 237 Å². The van der Waals surface area contributed by atoms with Gasteiger partial charge in [0, 0.05) is 22.8 Å². The lowest BCUT2D eigenvalue weighted by Gasteiger charge is -2.27. The number of sulfonamides is 1. The van der Waals surface area contributed by atoms with Gasteiger partial charge < -0.3 is 14.4 Å². The molecule has 0 spiro atoms. The lowest BCUT2D eigenvalue weighted by atomic mass is 10.1. The van der Waals surface area contributed by atoms with Crippen LogP contribution in [0.3, 0.4) is 0 Å². The summed E-state index contributed by atoms with van der Waals surface area (Å²) in [6.07, 6.45) is -3.86. The Bertz CT molecular complexity index is 1410. The van der Waals surface area contributed by atoms with E-state index in [2.05, 4.69) is 0 Å². The fraction of sp³-hybridized carbons (Fsp3) is 0.393. The number of halogens is 3. The minimum absolute atomic E-state index is 0.0219. The molecule has 12 heteroatoms. The third-order valence-corrected chi connectivity index (χ3v) is 9.02. The van der Waals surface area contributed by atoms with Crippen molar-refractivity contribution in [1.82, 2.24) is 9.21 Å². The maximum atomic E-state index is 13.6. The number of ether oxygens (including phenoxy) is 2. The van der Waals surface area contributed by atoms with E-state index >= 15 is 0 Å². The molecule has 7 nitrogen and oxygen atoms in total. The van der Waals surface area contributed by atoms with Crippen LogP contribution in [0, 0.1) is 6.92 Å². The number of hydrogen-bond donors (Lipinski definition) is 0. The first-order chi connectivity index (χ1) is 18.9. The maximum absolute atomic E-state index is 13.6. The average molecular weight is 599 g/mol. The minimum atomic E-state index is -4.70. The Balaban J connectivity index is 1.86. The van der Waals surface area contributed by atoms with Gasteiger partial charge in [-0.15, -0.1) is 11.3 Å². The number of hydrogen-bond acceptors (Lipinski definition) is 6. The molecule has 0 N–H and O–H groups in total. The summed E-state index contributed by atoms with van der Waals surface area (Å²) < 4.78 is 78.2. The number of amides is 1. The number of methoxy groups -OCH3 is 2. The Morgan fingerprint density at radius 1 is 0.975 bits per heavy atom. The van der Waals surface area contributed by atoms with Gasteiger partial charge in [0.2, 0.25) is 15.9 Å². The predicted octanol–water partition coefficient (Wildman–Crippen LogP) is 5.76. The van der Waals surface area contributed by atoms with Crippen LogP contribution >= 0.6 is 11.3 Å². The van der Waals surface area contributed by atoms with E-state index in [9.17, 15) is 26.4 Å². The molecule has 2 aromatic carbocycles. The van der Waals surface area contributed by atoms with Crippen LogP contribution in [0.2, 0.25) is 0 Å². The normalized spacial score (nSPS) is 12.0. The summed E-state index contributed by atoms with van der Waals surface area (Å²) in [4.78, 5) is 16.7. The molecule has 218 valence electrons. The van der Waals surface area contributed by atoms with Gasteiger partial charge in [0.15, 0.2) is 11.5 Å². The molecule has 0 bridgehead atoms. The van der Waals surface area contributed by atoms with Crippen molar-refractivity contribution in [3.05, 3.63) is 75.5 Å². The van der Waals surface area contributed by atoms with Crippen molar-refractivity contribution in [1.29, 1.82) is 0 Å². The molecule has 1 heterocycles. The SMILES string of the molecule is CCCN(CC(=O)N(CCc1ccc(OC)c(OC)c1)Cc1ccc(C)s1)S(=O)(=O)c1cccc(C(F)(F)F)c1. The summed E-state index contributed by atoms with van der Waals surface area (Å²) in [7, 11) is -1.30. The zero-order chi connectivity index (χ0) is 29.5. The summed E-state index contributed by atoms with van der Waals surface area (Å²) >= 11 is 1.53. The molecule has 0 aliphatic heterocycles. The van der Waals surface area contributed by atoms with Gasteiger partial charge in [0.25, 0.3) is 0 Å². The van der Waals surface area contributed by atoms with Gasteiger partial charge in [0.1, 0.15) is 0 Å². The molecule has 0 radical (unpaired) electrons. The van der Waals surface area contributed by atoms with E-state index in [-0.39, 0.29) is 19.6 Å². The van der Waals surface area contributed by atoms with Crippen molar-refractivity contribution in [2.45, 2.75) is 44.3 Å². The van der Waals surface area contributed by atoms with Crippen molar-refractivity contribution in [2.24, 2.45) is 0 Å². The number of alkyl halides is 3. The molecule has 0 atom stereocenters. The number of carbonyl (C=O) groups is 1. The van der Waals surface area contributed by atoms with Crippen LogP contribution in [-0.4, -0.2) is 57.4 Å². The van der Waals surface area contributed by atoms with E-state index < -0.39 is 39.1 Å². The van der Waals surface area contributed by atoms with Gasteiger partial charge in [-0.2, -0.15) is 17.5 Å². The van der Waals surface area contributed by atoms with Crippen LogP contribution < -0.4 is 9.47 Å². The van der Waals surface area contributed by atoms with Crippen LogP contribution in [-0.2, 0) is 34.0 Å². The zero-order valence-electron chi connectivity index (χ0n) is 22.8. The van der Waals surface area contributed by atoms with Gasteiger partial charge in [-0.25, -0.2) is 8.42 Å². The van der Waals surface area contributed by atoms with Gasteiger partial charge >= 0.3 is 6.18 Å². The lowest BCUT2D eigenvalue weighted by Crippen LogP contribution is -2.43. The Hall–Kier alpha value is -3.09. The maximum Gasteiger partial charge on any atom is 0.416 e. The van der Waals surface area contributed by atoms with Crippen molar-refractivity contribution >= 4 is 27.3 Å². The Morgan fingerprint density at radius 3 is 2.30 bits per heavy atom. The van der Waals surface area contributed by atoms with E-state index in [4.69, 9.17) is 9.47 Å². The van der Waals surface area contributed by atoms with Crippen molar-refractivity contribution in [3.8, 4) is 11.5 Å². The molecule has 0 aliphatic rings. The highest BCUT2D eigenvalue weighted by atomic mass is 32.2. The fourth-order valence-electron chi connectivity index (χ4n) is 4.12. The first-order valence-corrected chi connectivity index (χ1v) is 14.9. The summed E-state index contributed by atoms with van der Waals surface area (Å²) in [5.74, 6) is 0.673. The van der Waals surface area contributed by atoms with E-state index in [0.29, 0.717) is 30.4 Å². The van der Waals surface area contributed by atoms with Crippen LogP contribution in [0.4, 0.5) is 13.2 Å². The van der Waals surface area contributed by atoms with Crippen LogP contribution in [0.5, 0.6) is 11.5 Å². The number of benzene rings is 2. The molecule has 0 fully saturated rings. The average Bonchev–Trinajstić information content (AvgIpc) is 3.34. The molecule has 3 rings (SSSR count). The van der Waals surface area contributed by atoms with Crippen molar-refractivity contribution in [2.75, 3.05) is 33.9 Å². The molecule has 1 amide bonds. The van der Waals surface area contributed by atoms with Crippen molar-refractivity contribution < 1.29 is 35.9 Å². The Morgan fingerprint density at radius 2 is 1.70 bits per heavy atom. The second-order valence-electron chi connectivity index (χ2n) is 9.13. The highest BCUT2D eigenvalue weighted by Crippen LogP contribution is 2.31. The Kier molecular flexibility index (Phi) is 10.6. The number of thiophene rings is 1. The van der Waals surface area contributed by atoms with Gasteiger partial charge in [-0.05, 0) is 67.8 Å². The molecule has 0 saturated carbocycles. The number of nitrogens with zero attached hydrogens (tertiary/aromatic N) is 2. The zero-order valence-corrected chi connectivity index (χ0v) is 24.5. The number of carbonyl (C=O) groups excluding carboxylic acids is 1. The third kappa shape index (κ3) is 7.98. The largest absolute Gasteiger partial charge is 0.493 e. The quantitative estimate of drug-likeness (QED) is 0.250. The fourth-order valence-corrected chi connectivity index (χ4v) is 6.55. The number of aryl methyl sites for hydroxylation is 1. The molecular weight excluding hydrogens is 565 g/mol. The minimum Gasteiger partial charge on any atom is -0.493 e. The van der Waals surface area contributed by atoms with Crippen LogP contribution in [0.25, 0.3) is 0 Å². The lowest BCUT2D eigenvalue weighted by molar-refractivity contribution is -0.137. The first-order valence-electron chi connectivity index (χ1n) is 12.6. The smallest absolute Gasteiger partial charge is 0.416 e. The van der Waals surface area contributed by atoms with Gasteiger partial charge in [0.05, 0.1) is 37.8 Å². The molecule has 1 aromatic heterocycles. The molecule has 0 aliphatic carbocycles. The summed E-state index contributed by atoms with van der Waals surface area (Å²) in [6, 6.07) is 12.9. The van der Waals surface area contributed by atoms with E-state index in [1.165, 1.54) is 25.6 Å². The highest BCUT2D eigenvalue weighted by molar-refractivity contribution is 7.89. The molecular formula is C28H33F3N2O5S2. The third-order valence-electron chi connectivity index (χ3n) is 6.20. The van der Waals surface area contributed by atoms with Crippen molar-refractivity contribution in [3.63, 3.8) is 0 Å². The highest BCUT2D eigenvalue weighted by Gasteiger charge is 2.34. The van der Waals surface area contributed by atoms with Crippen LogP contribution in [0.15, 0.2) is 59.5 Å². The molecule has 3 aromatic rings. The molecule has 40 heavy (non-hydrogen) atoms. The molecule has 0 saturated heterocycles. The monoisotopic (exact) mass is 598 g/mol. The van der Waals surface area contributed by atoms with Gasteiger partial charge in [-0.3, -0.25) is 4.79 Å². The standard InChI is InChI=1S/C28H33F3N2O5S2/c1-5-14-33(40(35,36)24-8-6-7-22(17-24)28(29,30)31)19-27(34)32(18-23-11-9-20(2)39-23)15-13-21-10-12-25(37-3)26(16-21)38-4/h6-12,16-17H,5,13-15,18-19H2,1-4H3. The topological polar surface area (TPSA) is 76.2 Å². The predicted molar refractivity (Wildman–Crippen MR) is 148 cm³/mol. The van der Waals surface area contributed by atoms with E-state index in [0.717, 1.165) is 37.8 Å². The van der Waals surface area contributed by atoms with Gasteiger partial charge in [-0.1, -0.05) is 19.1 Å². The molecule has 0 unspecified atom stereocenters. The second-order valence-corrected chi connectivity index (χ2v) is 12.4. The summed E-state index contributed by atoms with van der Waals surface area (Å²) in [6.45, 7) is 3.73. The first kappa shape index (κ1) is 31.4.